The highest BCUT2D eigenvalue weighted by Crippen LogP contribution is 2.29. The van der Waals surface area contributed by atoms with E-state index in [1.54, 1.807) is 12.3 Å². The first kappa shape index (κ1) is 12.4. The first-order chi connectivity index (χ1) is 8.95. The highest BCUT2D eigenvalue weighted by atomic mass is 127. The van der Waals surface area contributed by atoms with Gasteiger partial charge in [0.25, 0.3) is 0 Å². The third-order valence-electron chi connectivity index (χ3n) is 2.47. The van der Waals surface area contributed by atoms with Crippen molar-refractivity contribution in [3.05, 3.63) is 40.1 Å². The molecular weight excluding hydrogens is 374 g/mol. The van der Waals surface area contributed by atoms with Crippen molar-refractivity contribution in [3.63, 3.8) is 0 Å². The van der Waals surface area contributed by atoms with Crippen LogP contribution in [0.3, 0.4) is 0 Å². The number of nitrogens with zero attached hydrogens (tertiary/aromatic N) is 5. The van der Waals surface area contributed by atoms with Crippen LogP contribution in [0.2, 0.25) is 0 Å². The molecular formula is C10H5F3IN5. The van der Waals surface area contributed by atoms with Gasteiger partial charge in [-0.05, 0) is 28.7 Å². The lowest BCUT2D eigenvalue weighted by Gasteiger charge is -2.01. The predicted octanol–water partition coefficient (Wildman–Crippen LogP) is 2.54. The van der Waals surface area contributed by atoms with Gasteiger partial charge >= 0.3 is 6.18 Å². The van der Waals surface area contributed by atoms with Crippen LogP contribution in [0.25, 0.3) is 11.3 Å². The minimum Gasteiger partial charge on any atom is -0.235 e. The Morgan fingerprint density at radius 1 is 1.16 bits per heavy atom. The number of hydrogen-bond acceptors (Lipinski definition) is 3. The molecule has 0 radical (unpaired) electrons. The number of halogens is 4. The summed E-state index contributed by atoms with van der Waals surface area (Å²) < 4.78 is 40.9. The Bertz CT molecular complexity index is 745. The summed E-state index contributed by atoms with van der Waals surface area (Å²) in [6.07, 6.45) is 0.381. The fourth-order valence-electron chi connectivity index (χ4n) is 1.60. The summed E-state index contributed by atoms with van der Waals surface area (Å²) in [7, 11) is 0. The molecule has 9 heteroatoms. The van der Waals surface area contributed by atoms with Crippen LogP contribution in [-0.2, 0) is 6.18 Å². The normalized spacial score (nSPS) is 12.2. The fourth-order valence-corrected chi connectivity index (χ4v) is 1.99. The molecule has 0 fully saturated rings. The Hall–Kier alpha value is -1.65. The maximum absolute atomic E-state index is 12.5. The Labute approximate surface area is 118 Å². The van der Waals surface area contributed by atoms with E-state index in [9.17, 15) is 13.2 Å². The van der Waals surface area contributed by atoms with Crippen LogP contribution >= 0.6 is 22.6 Å². The summed E-state index contributed by atoms with van der Waals surface area (Å²) in [4.78, 5) is 4.23. The van der Waals surface area contributed by atoms with Gasteiger partial charge in [-0.2, -0.15) is 23.4 Å². The van der Waals surface area contributed by atoms with E-state index in [0.29, 0.717) is 11.3 Å². The van der Waals surface area contributed by atoms with Gasteiger partial charge in [-0.3, -0.25) is 0 Å². The van der Waals surface area contributed by atoms with Crippen molar-refractivity contribution in [2.45, 2.75) is 6.18 Å². The van der Waals surface area contributed by atoms with Gasteiger partial charge in [0.15, 0.2) is 5.65 Å². The average molecular weight is 379 g/mol. The minimum atomic E-state index is -4.41. The fraction of sp³-hybridized carbons (Fsp3) is 0.100. The van der Waals surface area contributed by atoms with Crippen molar-refractivity contribution in [1.82, 2.24) is 24.4 Å². The second kappa shape index (κ2) is 4.18. The van der Waals surface area contributed by atoms with Crippen LogP contribution < -0.4 is 0 Å². The van der Waals surface area contributed by atoms with E-state index in [4.69, 9.17) is 0 Å². The van der Waals surface area contributed by atoms with E-state index < -0.39 is 11.7 Å². The summed E-state index contributed by atoms with van der Waals surface area (Å²) in [6, 6.07) is 1.74. The van der Waals surface area contributed by atoms with Crippen LogP contribution in [0.1, 0.15) is 5.56 Å². The number of aromatic nitrogens is 5. The van der Waals surface area contributed by atoms with Crippen molar-refractivity contribution in [3.8, 4) is 5.69 Å². The smallest absolute Gasteiger partial charge is 0.235 e. The molecule has 0 amide bonds. The Morgan fingerprint density at radius 3 is 2.63 bits per heavy atom. The Morgan fingerprint density at radius 2 is 1.95 bits per heavy atom. The van der Waals surface area contributed by atoms with E-state index in [2.05, 4.69) is 15.2 Å². The predicted molar refractivity (Wildman–Crippen MR) is 67.8 cm³/mol. The molecule has 0 aromatic carbocycles. The molecule has 3 heterocycles. The van der Waals surface area contributed by atoms with Crippen LogP contribution in [0.4, 0.5) is 13.2 Å². The second-order valence-electron chi connectivity index (χ2n) is 3.72. The molecule has 3 rings (SSSR count). The molecule has 5 nitrogen and oxygen atoms in total. The second-order valence-corrected chi connectivity index (χ2v) is 4.82. The van der Waals surface area contributed by atoms with Gasteiger partial charge in [-0.25, -0.2) is 14.2 Å². The summed E-state index contributed by atoms with van der Waals surface area (Å²) in [5.41, 5.74) is 0.0372. The van der Waals surface area contributed by atoms with Gasteiger partial charge in [0.05, 0.1) is 18.0 Å². The lowest BCUT2D eigenvalue weighted by atomic mass is 10.3. The molecule has 0 atom stereocenters. The minimum absolute atomic E-state index is 0.397. The Kier molecular flexibility index (Phi) is 2.73. The van der Waals surface area contributed by atoms with E-state index in [-0.39, 0.29) is 0 Å². The lowest BCUT2D eigenvalue weighted by molar-refractivity contribution is -0.137. The zero-order valence-corrected chi connectivity index (χ0v) is 11.3. The van der Waals surface area contributed by atoms with Gasteiger partial charge in [0.2, 0.25) is 0 Å². The molecule has 0 aliphatic rings. The summed E-state index contributed by atoms with van der Waals surface area (Å²) >= 11 is 2.02. The van der Waals surface area contributed by atoms with Gasteiger partial charge in [0.1, 0.15) is 9.39 Å². The number of hydrogen-bond donors (Lipinski definition) is 0. The number of alkyl halides is 3. The zero-order chi connectivity index (χ0) is 13.6. The third-order valence-corrected chi connectivity index (χ3v) is 3.07. The molecule has 0 aliphatic heterocycles. The molecule has 0 saturated heterocycles. The molecule has 0 unspecified atom stereocenters. The molecule has 0 saturated carbocycles. The van der Waals surface area contributed by atoms with E-state index in [0.717, 1.165) is 20.8 Å². The first-order valence-electron chi connectivity index (χ1n) is 5.07. The topological polar surface area (TPSA) is 48.0 Å². The van der Waals surface area contributed by atoms with Crippen molar-refractivity contribution < 1.29 is 13.2 Å². The van der Waals surface area contributed by atoms with Crippen LogP contribution in [0.15, 0.2) is 30.9 Å². The number of rotatable bonds is 1. The standard InChI is InChI=1S/C10H5F3IN5/c11-10(12,13)6-3-15-19(5-6)7-4-16-18-2-1-8(14)17-9(7)18/h1-5H. The van der Waals surface area contributed by atoms with E-state index in [1.807, 2.05) is 22.6 Å². The monoisotopic (exact) mass is 379 g/mol. The summed E-state index contributed by atoms with van der Waals surface area (Å²) in [5, 5.41) is 7.72. The summed E-state index contributed by atoms with van der Waals surface area (Å²) in [5.74, 6) is 0. The average Bonchev–Trinajstić information content (AvgIpc) is 2.92. The van der Waals surface area contributed by atoms with Gasteiger partial charge in [-0.1, -0.05) is 0 Å². The maximum atomic E-state index is 12.5. The van der Waals surface area contributed by atoms with Crippen molar-refractivity contribution in [2.24, 2.45) is 0 Å². The van der Waals surface area contributed by atoms with Gasteiger partial charge in [0, 0.05) is 12.4 Å². The van der Waals surface area contributed by atoms with E-state index in [1.165, 1.54) is 10.7 Å². The third kappa shape index (κ3) is 2.17. The van der Waals surface area contributed by atoms with Crippen molar-refractivity contribution in [1.29, 1.82) is 0 Å². The number of fused-ring (bicyclic) bond motifs is 1. The first-order valence-corrected chi connectivity index (χ1v) is 6.15. The van der Waals surface area contributed by atoms with Crippen LogP contribution in [-0.4, -0.2) is 24.4 Å². The molecule has 0 aliphatic carbocycles. The van der Waals surface area contributed by atoms with Gasteiger partial charge in [-0.15, -0.1) is 0 Å². The molecule has 0 spiro atoms. The molecule has 19 heavy (non-hydrogen) atoms. The van der Waals surface area contributed by atoms with Crippen molar-refractivity contribution >= 4 is 28.2 Å². The Balaban J connectivity index is 2.14. The maximum Gasteiger partial charge on any atom is 0.419 e. The van der Waals surface area contributed by atoms with Crippen molar-refractivity contribution in [2.75, 3.05) is 0 Å². The molecule has 98 valence electrons. The molecule has 3 aromatic rings. The summed E-state index contributed by atoms with van der Waals surface area (Å²) in [6.45, 7) is 0. The molecule has 3 aromatic heterocycles. The van der Waals surface area contributed by atoms with Gasteiger partial charge < -0.3 is 0 Å². The van der Waals surface area contributed by atoms with E-state index >= 15 is 0 Å². The van der Waals surface area contributed by atoms with Crippen LogP contribution in [0.5, 0.6) is 0 Å². The zero-order valence-electron chi connectivity index (χ0n) is 9.13. The highest BCUT2D eigenvalue weighted by Gasteiger charge is 2.32. The van der Waals surface area contributed by atoms with Crippen LogP contribution in [0, 0.1) is 3.70 Å². The SMILES string of the molecule is FC(F)(F)c1cnn(-c2cnn3ccc(I)nc23)c1. The largest absolute Gasteiger partial charge is 0.419 e. The highest BCUT2D eigenvalue weighted by molar-refractivity contribution is 14.1. The molecule has 0 N–H and O–H groups in total. The quantitative estimate of drug-likeness (QED) is 0.483. The molecule has 0 bridgehead atoms. The lowest BCUT2D eigenvalue weighted by Crippen LogP contribution is -2.03.